The van der Waals surface area contributed by atoms with Gasteiger partial charge in [0, 0.05) is 31.3 Å². The van der Waals surface area contributed by atoms with Gasteiger partial charge in [0.2, 0.25) is 0 Å². The lowest BCUT2D eigenvalue weighted by molar-refractivity contribution is -0.00274. The van der Waals surface area contributed by atoms with Gasteiger partial charge in [0.25, 0.3) is 0 Å². The highest BCUT2D eigenvalue weighted by atomic mass is 16.5. The van der Waals surface area contributed by atoms with Crippen LogP contribution in [-0.4, -0.2) is 41.4 Å². The maximum Gasteiger partial charge on any atom is 0.0702 e. The number of likely N-dealkylation sites (N-methyl/N-ethyl adjacent to an activating group) is 1. The summed E-state index contributed by atoms with van der Waals surface area (Å²) in [4.78, 5) is 2.33. The molecule has 1 saturated heterocycles. The molecule has 4 nitrogen and oxygen atoms in total. The largest absolute Gasteiger partial charge is 0.377 e. The summed E-state index contributed by atoms with van der Waals surface area (Å²) >= 11 is 0. The maximum absolute atomic E-state index is 5.77. The monoisotopic (exact) mass is 249 g/mol. The van der Waals surface area contributed by atoms with Gasteiger partial charge in [-0.3, -0.25) is 10.00 Å². The fourth-order valence-electron chi connectivity index (χ4n) is 2.70. The minimum absolute atomic E-state index is 0.426. The summed E-state index contributed by atoms with van der Waals surface area (Å²) < 4.78 is 5.77. The first-order valence-electron chi connectivity index (χ1n) is 7.15. The first-order chi connectivity index (χ1) is 8.81. The smallest absolute Gasteiger partial charge is 0.0702 e. The van der Waals surface area contributed by atoms with Crippen molar-refractivity contribution in [2.24, 2.45) is 0 Å². The molecule has 1 aromatic rings. The van der Waals surface area contributed by atoms with E-state index < -0.39 is 0 Å². The lowest BCUT2D eigenvalue weighted by Crippen LogP contribution is -2.33. The Balaban J connectivity index is 1.48. The van der Waals surface area contributed by atoms with Crippen molar-refractivity contribution in [3.63, 3.8) is 0 Å². The molecule has 2 aliphatic rings. The van der Waals surface area contributed by atoms with E-state index in [0.29, 0.717) is 6.10 Å². The third-order valence-corrected chi connectivity index (χ3v) is 3.88. The van der Waals surface area contributed by atoms with Gasteiger partial charge in [-0.15, -0.1) is 0 Å². The third kappa shape index (κ3) is 3.12. The molecule has 18 heavy (non-hydrogen) atoms. The highest BCUT2D eigenvalue weighted by Crippen LogP contribution is 2.39. The first kappa shape index (κ1) is 12.2. The van der Waals surface area contributed by atoms with Gasteiger partial charge in [-0.2, -0.15) is 5.10 Å². The van der Waals surface area contributed by atoms with Crippen LogP contribution in [0.3, 0.4) is 0 Å². The summed E-state index contributed by atoms with van der Waals surface area (Å²) in [7, 11) is 2.16. The Morgan fingerprint density at radius 2 is 2.28 bits per heavy atom. The maximum atomic E-state index is 5.77. The molecule has 0 aromatic carbocycles. The molecule has 0 unspecified atom stereocenters. The highest BCUT2D eigenvalue weighted by molar-refractivity contribution is 5.17. The molecule has 1 atom stereocenters. The topological polar surface area (TPSA) is 41.2 Å². The predicted octanol–water partition coefficient (Wildman–Crippen LogP) is 2.29. The number of rotatable bonds is 5. The van der Waals surface area contributed by atoms with Crippen molar-refractivity contribution in [1.29, 1.82) is 0 Å². The molecule has 0 amide bonds. The van der Waals surface area contributed by atoms with Gasteiger partial charge >= 0.3 is 0 Å². The fourth-order valence-corrected chi connectivity index (χ4v) is 2.70. The van der Waals surface area contributed by atoms with Crippen LogP contribution in [0, 0.1) is 0 Å². The van der Waals surface area contributed by atoms with Crippen molar-refractivity contribution in [2.75, 3.05) is 20.2 Å². The molecule has 0 radical (unpaired) electrons. The average Bonchev–Trinajstić information content (AvgIpc) is 3.12. The number of hydrogen-bond donors (Lipinski definition) is 1. The van der Waals surface area contributed by atoms with Crippen LogP contribution in [0.15, 0.2) is 6.07 Å². The zero-order valence-corrected chi connectivity index (χ0v) is 11.2. The molecule has 1 aliphatic carbocycles. The molecular weight excluding hydrogens is 226 g/mol. The number of hydrogen-bond acceptors (Lipinski definition) is 3. The molecule has 1 aliphatic heterocycles. The Morgan fingerprint density at radius 1 is 1.39 bits per heavy atom. The summed E-state index contributed by atoms with van der Waals surface area (Å²) in [5, 5.41) is 7.56. The molecule has 1 N–H and O–H groups in total. The van der Waals surface area contributed by atoms with Gasteiger partial charge in [-0.05, 0) is 45.2 Å². The average molecular weight is 249 g/mol. The van der Waals surface area contributed by atoms with E-state index in [1.165, 1.54) is 43.5 Å². The van der Waals surface area contributed by atoms with Gasteiger partial charge in [0.15, 0.2) is 0 Å². The van der Waals surface area contributed by atoms with E-state index in [1.54, 1.807) is 0 Å². The van der Waals surface area contributed by atoms with Crippen molar-refractivity contribution < 1.29 is 4.74 Å². The molecule has 2 heterocycles. The predicted molar refractivity (Wildman–Crippen MR) is 70.5 cm³/mol. The number of H-pyrrole nitrogens is 1. The first-order valence-corrected chi connectivity index (χ1v) is 7.15. The van der Waals surface area contributed by atoms with Crippen molar-refractivity contribution >= 4 is 0 Å². The van der Waals surface area contributed by atoms with E-state index in [9.17, 15) is 0 Å². The lowest BCUT2D eigenvalue weighted by Gasteiger charge is -2.27. The van der Waals surface area contributed by atoms with Crippen LogP contribution in [0.4, 0.5) is 0 Å². The zero-order valence-electron chi connectivity index (χ0n) is 11.2. The van der Waals surface area contributed by atoms with Gasteiger partial charge < -0.3 is 4.74 Å². The van der Waals surface area contributed by atoms with E-state index in [4.69, 9.17) is 4.74 Å². The van der Waals surface area contributed by atoms with Crippen LogP contribution in [0.5, 0.6) is 0 Å². The van der Waals surface area contributed by atoms with Gasteiger partial charge in [0.05, 0.1) is 11.8 Å². The molecular formula is C14H23N3O. The van der Waals surface area contributed by atoms with Crippen molar-refractivity contribution in [3.8, 4) is 0 Å². The van der Waals surface area contributed by atoms with Crippen LogP contribution in [0.1, 0.15) is 49.4 Å². The molecule has 2 fully saturated rings. The summed E-state index contributed by atoms with van der Waals surface area (Å²) in [6.07, 6.45) is 6.81. The molecule has 1 saturated carbocycles. The summed E-state index contributed by atoms with van der Waals surface area (Å²) in [6, 6.07) is 2.23. The quantitative estimate of drug-likeness (QED) is 0.870. The lowest BCUT2D eigenvalue weighted by atomic mass is 10.1. The number of aromatic amines is 1. The zero-order chi connectivity index (χ0) is 12.4. The highest BCUT2D eigenvalue weighted by Gasteiger charge is 2.26. The standard InChI is InChI=1S/C14H23N3O/c1-17(10-13-4-2-3-7-18-13)9-12-8-14(16-15-12)11-5-6-11/h8,11,13H,2-7,9-10H2,1H3,(H,15,16)/t13-/m0/s1. The summed E-state index contributed by atoms with van der Waals surface area (Å²) in [5.74, 6) is 0.738. The van der Waals surface area contributed by atoms with Crippen molar-refractivity contribution in [2.45, 2.75) is 50.7 Å². The molecule has 0 bridgehead atoms. The van der Waals surface area contributed by atoms with Gasteiger partial charge in [-0.25, -0.2) is 0 Å². The number of aromatic nitrogens is 2. The van der Waals surface area contributed by atoms with E-state index in [0.717, 1.165) is 25.6 Å². The second-order valence-electron chi connectivity index (χ2n) is 5.78. The minimum Gasteiger partial charge on any atom is -0.377 e. The van der Waals surface area contributed by atoms with Crippen molar-refractivity contribution in [1.82, 2.24) is 15.1 Å². The van der Waals surface area contributed by atoms with Gasteiger partial charge in [-0.1, -0.05) is 0 Å². The summed E-state index contributed by atoms with van der Waals surface area (Å²) in [6.45, 7) is 2.91. The van der Waals surface area contributed by atoms with Gasteiger partial charge in [0.1, 0.15) is 0 Å². The Morgan fingerprint density at radius 3 is 3.00 bits per heavy atom. The van der Waals surface area contributed by atoms with Crippen LogP contribution in [-0.2, 0) is 11.3 Å². The number of ether oxygens (including phenoxy) is 1. The Kier molecular flexibility index (Phi) is 3.66. The molecule has 100 valence electrons. The third-order valence-electron chi connectivity index (χ3n) is 3.88. The fraction of sp³-hybridized carbons (Fsp3) is 0.786. The van der Waals surface area contributed by atoms with Crippen molar-refractivity contribution in [3.05, 3.63) is 17.5 Å². The molecule has 1 aromatic heterocycles. The Hall–Kier alpha value is -0.870. The van der Waals surface area contributed by atoms with E-state index in [1.807, 2.05) is 0 Å². The van der Waals surface area contributed by atoms with Crippen LogP contribution in [0.25, 0.3) is 0 Å². The SMILES string of the molecule is CN(Cc1cc(C2CC2)n[nH]1)C[C@@H]1CCCCO1. The molecule has 4 heteroatoms. The number of nitrogens with zero attached hydrogens (tertiary/aromatic N) is 2. The van der Waals surface area contributed by atoms with E-state index >= 15 is 0 Å². The number of nitrogens with one attached hydrogen (secondary N) is 1. The second-order valence-corrected chi connectivity index (χ2v) is 5.78. The van der Waals surface area contributed by atoms with Crippen LogP contribution >= 0.6 is 0 Å². The normalized spacial score (nSPS) is 24.7. The van der Waals surface area contributed by atoms with E-state index in [-0.39, 0.29) is 0 Å². The van der Waals surface area contributed by atoms with Crippen LogP contribution in [0.2, 0.25) is 0 Å². The second kappa shape index (κ2) is 5.41. The van der Waals surface area contributed by atoms with Crippen LogP contribution < -0.4 is 0 Å². The molecule has 0 spiro atoms. The molecule has 3 rings (SSSR count). The Bertz CT molecular complexity index is 380. The Labute approximate surface area is 109 Å². The minimum atomic E-state index is 0.426. The van der Waals surface area contributed by atoms with E-state index in [2.05, 4.69) is 28.2 Å². The summed E-state index contributed by atoms with van der Waals surface area (Å²) in [5.41, 5.74) is 2.49.